The quantitative estimate of drug-likeness (QED) is 0.361. The average Bonchev–Trinajstić information content (AvgIpc) is 3.11. The number of hydrogen-bond donors (Lipinski definition) is 1. The number of carbonyl (C=O) groups excluding carboxylic acids is 2. The van der Waals surface area contributed by atoms with Gasteiger partial charge in [0.1, 0.15) is 24.8 Å². The number of fused-ring (bicyclic) bond motifs is 1. The molecule has 0 saturated carbocycles. The molecule has 0 radical (unpaired) electrons. The summed E-state index contributed by atoms with van der Waals surface area (Å²) in [6.45, 7) is 7.84. The number of amides is 1. The van der Waals surface area contributed by atoms with E-state index in [1.165, 1.54) is 17.0 Å². The molecule has 2 aliphatic heterocycles. The zero-order chi connectivity index (χ0) is 24.2. The molecule has 0 aliphatic carbocycles. The van der Waals surface area contributed by atoms with E-state index < -0.39 is 23.5 Å². The predicted octanol–water partition coefficient (Wildman–Crippen LogP) is 3.75. The summed E-state index contributed by atoms with van der Waals surface area (Å²) in [6, 6.07) is 9.73. The van der Waals surface area contributed by atoms with Crippen molar-refractivity contribution in [2.45, 2.75) is 26.3 Å². The van der Waals surface area contributed by atoms with Crippen LogP contribution < -0.4 is 9.47 Å². The Kier molecular flexibility index (Phi) is 7.17. The summed E-state index contributed by atoms with van der Waals surface area (Å²) in [4.78, 5) is 29.9. The van der Waals surface area contributed by atoms with Crippen LogP contribution in [0.15, 0.2) is 48.0 Å². The van der Waals surface area contributed by atoms with Crippen LogP contribution in [0.25, 0.3) is 5.76 Å². The maximum absolute atomic E-state index is 13.6. The number of aliphatic hydroxyl groups excluding tert-OH is 1. The third-order valence-electron chi connectivity index (χ3n) is 6.31. The standard InChI is InChI=1S/C26H29FN2O5/c1-3-28(4-2)12-5-13-29-23(17-6-9-19(27)10-7-17)22(25(31)26(29)32)24(30)18-8-11-20-21(16-18)34-15-14-33-20/h6-11,16,23,30H,3-5,12-15H2,1-2H3/b24-22+/t23-/m0/s1. The van der Waals surface area contributed by atoms with Crippen LogP contribution in [0, 0.1) is 5.82 Å². The Bertz CT molecular complexity index is 1090. The molecule has 34 heavy (non-hydrogen) atoms. The van der Waals surface area contributed by atoms with Crippen molar-refractivity contribution in [3.63, 3.8) is 0 Å². The number of aliphatic hydroxyl groups is 1. The zero-order valence-corrected chi connectivity index (χ0v) is 19.4. The minimum absolute atomic E-state index is 0.0175. The minimum Gasteiger partial charge on any atom is -0.507 e. The Morgan fingerprint density at radius 3 is 2.41 bits per heavy atom. The molecule has 0 spiro atoms. The highest BCUT2D eigenvalue weighted by Crippen LogP contribution is 2.41. The van der Waals surface area contributed by atoms with E-state index in [9.17, 15) is 19.1 Å². The molecule has 1 amide bonds. The molecule has 2 aliphatic rings. The van der Waals surface area contributed by atoms with Crippen molar-refractivity contribution in [3.8, 4) is 11.5 Å². The molecule has 1 saturated heterocycles. The van der Waals surface area contributed by atoms with E-state index in [1.54, 1.807) is 30.3 Å². The van der Waals surface area contributed by atoms with Gasteiger partial charge in [-0.15, -0.1) is 0 Å². The smallest absolute Gasteiger partial charge is 0.295 e. The van der Waals surface area contributed by atoms with Crippen molar-refractivity contribution in [1.29, 1.82) is 0 Å². The number of carbonyl (C=O) groups is 2. The van der Waals surface area contributed by atoms with Crippen molar-refractivity contribution in [2.75, 3.05) is 39.4 Å². The third-order valence-corrected chi connectivity index (χ3v) is 6.31. The van der Waals surface area contributed by atoms with Gasteiger partial charge in [-0.05, 0) is 62.0 Å². The van der Waals surface area contributed by atoms with Gasteiger partial charge in [0.2, 0.25) is 0 Å². The molecule has 0 unspecified atom stereocenters. The van der Waals surface area contributed by atoms with E-state index in [0.717, 1.165) is 19.6 Å². The van der Waals surface area contributed by atoms with Crippen LogP contribution in [-0.4, -0.2) is 66.0 Å². The summed E-state index contributed by atoms with van der Waals surface area (Å²) in [5.41, 5.74) is 0.885. The van der Waals surface area contributed by atoms with Crippen LogP contribution in [0.2, 0.25) is 0 Å². The second kappa shape index (κ2) is 10.3. The first-order valence-corrected chi connectivity index (χ1v) is 11.6. The molecule has 0 bridgehead atoms. The first kappa shape index (κ1) is 23.8. The minimum atomic E-state index is -0.814. The fourth-order valence-electron chi connectivity index (χ4n) is 4.45. The van der Waals surface area contributed by atoms with Gasteiger partial charge in [0.05, 0.1) is 11.6 Å². The molecule has 180 valence electrons. The molecule has 2 heterocycles. The normalized spacial score (nSPS) is 19.2. The largest absolute Gasteiger partial charge is 0.507 e. The van der Waals surface area contributed by atoms with Crippen LogP contribution in [0.4, 0.5) is 4.39 Å². The van der Waals surface area contributed by atoms with Gasteiger partial charge in [-0.1, -0.05) is 26.0 Å². The lowest BCUT2D eigenvalue weighted by atomic mass is 9.95. The molecule has 1 N–H and O–H groups in total. The number of rotatable bonds is 8. The number of hydrogen-bond acceptors (Lipinski definition) is 6. The van der Waals surface area contributed by atoms with Gasteiger partial charge in [-0.3, -0.25) is 9.59 Å². The Hall–Kier alpha value is -3.39. The second-order valence-corrected chi connectivity index (χ2v) is 8.28. The van der Waals surface area contributed by atoms with Crippen molar-refractivity contribution in [2.24, 2.45) is 0 Å². The van der Waals surface area contributed by atoms with Crippen molar-refractivity contribution in [3.05, 3.63) is 65.0 Å². The summed E-state index contributed by atoms with van der Waals surface area (Å²) in [5.74, 6) is -1.14. The van der Waals surface area contributed by atoms with E-state index in [4.69, 9.17) is 9.47 Å². The highest BCUT2D eigenvalue weighted by molar-refractivity contribution is 6.46. The molecule has 1 fully saturated rings. The SMILES string of the molecule is CCN(CC)CCCN1C(=O)C(=O)/C(=C(/O)c2ccc3c(c2)OCCO3)[C@@H]1c1ccc(F)cc1. The lowest BCUT2D eigenvalue weighted by Crippen LogP contribution is -2.33. The van der Waals surface area contributed by atoms with Crippen LogP contribution in [0.1, 0.15) is 37.4 Å². The number of benzene rings is 2. The second-order valence-electron chi connectivity index (χ2n) is 8.28. The van der Waals surface area contributed by atoms with Gasteiger partial charge in [-0.25, -0.2) is 4.39 Å². The highest BCUT2D eigenvalue weighted by Gasteiger charge is 2.45. The summed E-state index contributed by atoms with van der Waals surface area (Å²) in [7, 11) is 0. The Balaban J connectivity index is 1.72. The maximum Gasteiger partial charge on any atom is 0.295 e. The molecule has 7 nitrogen and oxygen atoms in total. The van der Waals surface area contributed by atoms with Gasteiger partial charge in [0.15, 0.2) is 11.5 Å². The molecular weight excluding hydrogens is 439 g/mol. The van der Waals surface area contributed by atoms with Gasteiger partial charge in [0, 0.05) is 12.1 Å². The molecule has 8 heteroatoms. The summed E-state index contributed by atoms with van der Waals surface area (Å²) >= 11 is 0. The van der Waals surface area contributed by atoms with Crippen LogP contribution >= 0.6 is 0 Å². The third kappa shape index (κ3) is 4.63. The fourth-order valence-corrected chi connectivity index (χ4v) is 4.45. The number of nitrogens with zero attached hydrogens (tertiary/aromatic N) is 2. The molecule has 2 aromatic rings. The molecule has 2 aromatic carbocycles. The van der Waals surface area contributed by atoms with Crippen LogP contribution in [0.5, 0.6) is 11.5 Å². The number of Topliss-reactive ketones (excluding diaryl/α,β-unsaturated/α-hetero) is 1. The average molecular weight is 469 g/mol. The van der Waals surface area contributed by atoms with E-state index >= 15 is 0 Å². The topological polar surface area (TPSA) is 79.3 Å². The first-order valence-electron chi connectivity index (χ1n) is 11.6. The zero-order valence-electron chi connectivity index (χ0n) is 19.4. The lowest BCUT2D eigenvalue weighted by Gasteiger charge is -2.27. The van der Waals surface area contributed by atoms with Gasteiger partial charge < -0.3 is 24.4 Å². The molecule has 1 atom stereocenters. The van der Waals surface area contributed by atoms with Gasteiger partial charge in [0.25, 0.3) is 11.7 Å². The van der Waals surface area contributed by atoms with Crippen LogP contribution in [-0.2, 0) is 9.59 Å². The van der Waals surface area contributed by atoms with E-state index in [0.29, 0.717) is 48.8 Å². The number of ether oxygens (including phenoxy) is 2. The monoisotopic (exact) mass is 468 g/mol. The number of ketones is 1. The van der Waals surface area contributed by atoms with E-state index in [1.807, 2.05) is 0 Å². The highest BCUT2D eigenvalue weighted by atomic mass is 19.1. The summed E-state index contributed by atoms with van der Waals surface area (Å²) in [5, 5.41) is 11.2. The Morgan fingerprint density at radius 1 is 1.06 bits per heavy atom. The van der Waals surface area contributed by atoms with Gasteiger partial charge in [-0.2, -0.15) is 0 Å². The van der Waals surface area contributed by atoms with E-state index in [2.05, 4.69) is 18.7 Å². The summed E-state index contributed by atoms with van der Waals surface area (Å²) < 4.78 is 24.8. The molecule has 0 aromatic heterocycles. The maximum atomic E-state index is 13.6. The lowest BCUT2D eigenvalue weighted by molar-refractivity contribution is -0.140. The first-order chi connectivity index (χ1) is 16.4. The van der Waals surface area contributed by atoms with E-state index in [-0.39, 0.29) is 11.3 Å². The van der Waals surface area contributed by atoms with Gasteiger partial charge >= 0.3 is 0 Å². The van der Waals surface area contributed by atoms with Crippen molar-refractivity contribution >= 4 is 17.4 Å². The van der Waals surface area contributed by atoms with Crippen molar-refractivity contribution < 1.29 is 28.6 Å². The predicted molar refractivity (Wildman–Crippen MR) is 125 cm³/mol. The fraction of sp³-hybridized carbons (Fsp3) is 0.385. The Labute approximate surface area is 198 Å². The van der Waals surface area contributed by atoms with Crippen molar-refractivity contribution in [1.82, 2.24) is 9.80 Å². The molecular formula is C26H29FN2O5. The number of likely N-dealkylation sites (tertiary alicyclic amines) is 1. The Morgan fingerprint density at radius 2 is 1.74 bits per heavy atom. The summed E-state index contributed by atoms with van der Waals surface area (Å²) in [6.07, 6.45) is 0.663. The van der Waals surface area contributed by atoms with Crippen LogP contribution in [0.3, 0.4) is 0 Å². The molecule has 4 rings (SSSR count). The number of halogens is 1.